The van der Waals surface area contributed by atoms with E-state index in [0.29, 0.717) is 0 Å². The van der Waals surface area contributed by atoms with Crippen molar-refractivity contribution < 1.29 is 4.79 Å². The van der Waals surface area contributed by atoms with Crippen LogP contribution in [-0.4, -0.2) is 13.1 Å². The number of para-hydroxylation sites is 2. The van der Waals surface area contributed by atoms with Crippen LogP contribution in [0.4, 0.5) is 16.2 Å². The van der Waals surface area contributed by atoms with Crippen LogP contribution in [0.5, 0.6) is 0 Å². The van der Waals surface area contributed by atoms with Gasteiger partial charge in [0.2, 0.25) is 0 Å². The van der Waals surface area contributed by atoms with E-state index in [1.54, 1.807) is 11.9 Å². The van der Waals surface area contributed by atoms with Crippen molar-refractivity contribution in [2.24, 2.45) is 0 Å². The minimum atomic E-state index is -0.141. The predicted octanol–water partition coefficient (Wildman–Crippen LogP) is 4.65. The van der Waals surface area contributed by atoms with E-state index < -0.39 is 0 Å². The second-order valence-electron chi connectivity index (χ2n) is 6.12. The van der Waals surface area contributed by atoms with E-state index in [2.05, 4.69) is 32.2 Å². The van der Waals surface area contributed by atoms with Gasteiger partial charge in [-0.25, -0.2) is 4.79 Å². The molecule has 0 unspecified atom stereocenters. The number of hydrogen-bond acceptors (Lipinski definition) is 1. The van der Waals surface area contributed by atoms with Gasteiger partial charge in [-0.05, 0) is 29.2 Å². The molecule has 2 aromatic rings. The highest BCUT2D eigenvalue weighted by Crippen LogP contribution is 2.31. The van der Waals surface area contributed by atoms with Gasteiger partial charge in [-0.2, -0.15) is 0 Å². The number of carbonyl (C=O) groups excluding carboxylic acids is 1. The Morgan fingerprint density at radius 1 is 0.952 bits per heavy atom. The summed E-state index contributed by atoms with van der Waals surface area (Å²) in [5.41, 5.74) is 2.86. The number of nitrogens with one attached hydrogen (secondary N) is 1. The van der Waals surface area contributed by atoms with E-state index in [1.165, 1.54) is 0 Å². The largest absolute Gasteiger partial charge is 0.326 e. The van der Waals surface area contributed by atoms with Crippen LogP contribution < -0.4 is 10.2 Å². The van der Waals surface area contributed by atoms with Crippen LogP contribution in [0, 0.1) is 0 Å². The summed E-state index contributed by atoms with van der Waals surface area (Å²) in [6.07, 6.45) is 0. The zero-order valence-electron chi connectivity index (χ0n) is 13.1. The Kier molecular flexibility index (Phi) is 4.32. The van der Waals surface area contributed by atoms with Crippen LogP contribution in [0.25, 0.3) is 0 Å². The average molecular weight is 282 g/mol. The lowest BCUT2D eigenvalue weighted by Gasteiger charge is -2.27. The zero-order valence-corrected chi connectivity index (χ0v) is 13.1. The van der Waals surface area contributed by atoms with Gasteiger partial charge in [0.1, 0.15) is 0 Å². The molecule has 0 bridgehead atoms. The van der Waals surface area contributed by atoms with Gasteiger partial charge in [-0.1, -0.05) is 57.2 Å². The maximum Gasteiger partial charge on any atom is 0.326 e. The van der Waals surface area contributed by atoms with Crippen molar-refractivity contribution in [2.45, 2.75) is 26.2 Å². The van der Waals surface area contributed by atoms with Gasteiger partial charge in [0.25, 0.3) is 0 Å². The number of urea groups is 1. The molecule has 1 N–H and O–H groups in total. The fourth-order valence-electron chi connectivity index (χ4n) is 2.24. The quantitative estimate of drug-likeness (QED) is 0.854. The van der Waals surface area contributed by atoms with Crippen molar-refractivity contribution in [3.8, 4) is 0 Å². The third kappa shape index (κ3) is 3.63. The summed E-state index contributed by atoms with van der Waals surface area (Å²) < 4.78 is 0. The lowest BCUT2D eigenvalue weighted by atomic mass is 9.85. The summed E-state index contributed by atoms with van der Waals surface area (Å²) in [5.74, 6) is 0. The van der Waals surface area contributed by atoms with Crippen molar-refractivity contribution in [1.29, 1.82) is 0 Å². The fourth-order valence-corrected chi connectivity index (χ4v) is 2.24. The predicted molar refractivity (Wildman–Crippen MR) is 89.0 cm³/mol. The summed E-state index contributed by atoms with van der Waals surface area (Å²) in [5, 5.41) is 2.91. The van der Waals surface area contributed by atoms with Gasteiger partial charge in [0.15, 0.2) is 0 Å². The molecule has 0 spiro atoms. The third-order valence-electron chi connectivity index (χ3n) is 3.40. The second-order valence-corrected chi connectivity index (χ2v) is 6.12. The molecule has 2 aromatic carbocycles. The standard InChI is InChI=1S/C18H22N2O/c1-18(2,3)15-12-8-9-13-16(15)20(4)17(21)19-14-10-6-5-7-11-14/h5-13H,1-4H3,(H,19,21). The van der Waals surface area contributed by atoms with E-state index >= 15 is 0 Å². The molecule has 0 radical (unpaired) electrons. The van der Waals surface area contributed by atoms with E-state index in [-0.39, 0.29) is 11.4 Å². The van der Waals surface area contributed by atoms with Gasteiger partial charge in [0, 0.05) is 18.4 Å². The molecule has 2 amide bonds. The number of rotatable bonds is 2. The van der Waals surface area contributed by atoms with E-state index in [1.807, 2.05) is 48.5 Å². The molecule has 21 heavy (non-hydrogen) atoms. The first-order chi connectivity index (χ1) is 9.89. The molecule has 0 saturated heterocycles. The first-order valence-electron chi connectivity index (χ1n) is 7.09. The Labute approximate surface area is 126 Å². The summed E-state index contributed by atoms with van der Waals surface area (Å²) in [6, 6.07) is 17.4. The maximum absolute atomic E-state index is 12.4. The van der Waals surface area contributed by atoms with Crippen LogP contribution in [0.2, 0.25) is 0 Å². The minimum Gasteiger partial charge on any atom is -0.308 e. The smallest absolute Gasteiger partial charge is 0.308 e. The lowest BCUT2D eigenvalue weighted by molar-refractivity contribution is 0.258. The number of hydrogen-bond donors (Lipinski definition) is 1. The third-order valence-corrected chi connectivity index (χ3v) is 3.40. The first-order valence-corrected chi connectivity index (χ1v) is 7.09. The highest BCUT2D eigenvalue weighted by Gasteiger charge is 2.21. The Balaban J connectivity index is 2.24. The highest BCUT2D eigenvalue weighted by molar-refractivity contribution is 6.01. The molecule has 110 valence electrons. The normalized spacial score (nSPS) is 11.0. The van der Waals surface area contributed by atoms with Gasteiger partial charge in [0.05, 0.1) is 0 Å². The Morgan fingerprint density at radius 3 is 2.14 bits per heavy atom. The molecular weight excluding hydrogens is 260 g/mol. The van der Waals surface area contributed by atoms with Crippen molar-refractivity contribution in [3.63, 3.8) is 0 Å². The van der Waals surface area contributed by atoms with Gasteiger partial charge < -0.3 is 5.32 Å². The van der Waals surface area contributed by atoms with E-state index in [9.17, 15) is 4.79 Å². The number of anilines is 2. The van der Waals surface area contributed by atoms with E-state index in [0.717, 1.165) is 16.9 Å². The summed E-state index contributed by atoms with van der Waals surface area (Å²) in [4.78, 5) is 14.1. The van der Waals surface area contributed by atoms with Crippen molar-refractivity contribution in [3.05, 3.63) is 60.2 Å². The molecule has 3 heteroatoms. The molecule has 0 aromatic heterocycles. The summed E-state index contributed by atoms with van der Waals surface area (Å²) >= 11 is 0. The molecule has 3 nitrogen and oxygen atoms in total. The second kappa shape index (κ2) is 6.00. The SMILES string of the molecule is CN(C(=O)Nc1ccccc1)c1ccccc1C(C)(C)C. The monoisotopic (exact) mass is 282 g/mol. The summed E-state index contributed by atoms with van der Waals surface area (Å²) in [6.45, 7) is 6.44. The molecule has 0 saturated carbocycles. The number of benzene rings is 2. The van der Waals surface area contributed by atoms with Crippen LogP contribution in [0.15, 0.2) is 54.6 Å². The van der Waals surface area contributed by atoms with E-state index in [4.69, 9.17) is 0 Å². The average Bonchev–Trinajstić information content (AvgIpc) is 2.46. The summed E-state index contributed by atoms with van der Waals surface area (Å²) in [7, 11) is 1.79. The molecule has 2 rings (SSSR count). The van der Waals surface area contributed by atoms with Crippen LogP contribution in [0.1, 0.15) is 26.3 Å². The lowest BCUT2D eigenvalue weighted by Crippen LogP contribution is -2.33. The molecule has 0 heterocycles. The number of carbonyl (C=O) groups is 1. The van der Waals surface area contributed by atoms with Gasteiger partial charge in [-0.15, -0.1) is 0 Å². The highest BCUT2D eigenvalue weighted by atomic mass is 16.2. The van der Waals surface area contributed by atoms with Crippen molar-refractivity contribution in [2.75, 3.05) is 17.3 Å². The van der Waals surface area contributed by atoms with Gasteiger partial charge >= 0.3 is 6.03 Å². The number of amides is 2. The van der Waals surface area contributed by atoms with Crippen LogP contribution >= 0.6 is 0 Å². The molecule has 0 fully saturated rings. The van der Waals surface area contributed by atoms with Gasteiger partial charge in [-0.3, -0.25) is 4.90 Å². The molecular formula is C18H22N2O. The topological polar surface area (TPSA) is 32.3 Å². The molecule has 0 aliphatic rings. The Morgan fingerprint density at radius 2 is 1.52 bits per heavy atom. The minimum absolute atomic E-state index is 0.0160. The fraction of sp³-hybridized carbons (Fsp3) is 0.278. The van der Waals surface area contributed by atoms with Crippen molar-refractivity contribution >= 4 is 17.4 Å². The molecule has 0 atom stereocenters. The Bertz CT molecular complexity index is 615. The van der Waals surface area contributed by atoms with Crippen molar-refractivity contribution in [1.82, 2.24) is 0 Å². The number of nitrogens with zero attached hydrogens (tertiary/aromatic N) is 1. The first kappa shape index (κ1) is 15.1. The van der Waals surface area contributed by atoms with Crippen LogP contribution in [0.3, 0.4) is 0 Å². The molecule has 0 aliphatic carbocycles. The molecule has 0 aliphatic heterocycles. The zero-order chi connectivity index (χ0) is 15.5. The maximum atomic E-state index is 12.4. The Hall–Kier alpha value is -2.29. The van der Waals surface area contributed by atoms with Crippen LogP contribution in [-0.2, 0) is 5.41 Å².